The van der Waals surface area contributed by atoms with Gasteiger partial charge in [-0.15, -0.1) is 4.72 Å². The van der Waals surface area contributed by atoms with Crippen molar-refractivity contribution in [2.45, 2.75) is 44.9 Å². The highest BCUT2D eigenvalue weighted by Gasteiger charge is 2.28. The Morgan fingerprint density at radius 2 is 2.05 bits per heavy atom. The Morgan fingerprint density at radius 3 is 2.58 bits per heavy atom. The van der Waals surface area contributed by atoms with E-state index in [1.54, 1.807) is 13.2 Å². The summed E-state index contributed by atoms with van der Waals surface area (Å²) >= 11 is 4.86. The molecule has 0 fully saturated rings. The molecule has 2 atom stereocenters. The Kier molecular flexibility index (Phi) is 5.99. The second-order valence-electron chi connectivity index (χ2n) is 5.56. The molecule has 0 aliphatic heterocycles. The van der Waals surface area contributed by atoms with E-state index in [1.165, 1.54) is 0 Å². The highest BCUT2D eigenvalue weighted by atomic mass is 35.5. The van der Waals surface area contributed by atoms with Gasteiger partial charge >= 0.3 is 0 Å². The number of halogens is 1. The molecule has 0 aliphatic carbocycles. The lowest BCUT2D eigenvalue weighted by atomic mass is 10.1. The van der Waals surface area contributed by atoms with Crippen molar-refractivity contribution in [3.8, 4) is 5.75 Å². The number of hydrogen-bond acceptors (Lipinski definition) is 3. The molecule has 0 spiro atoms. The van der Waals surface area contributed by atoms with E-state index < -0.39 is 11.4 Å². The van der Waals surface area contributed by atoms with Gasteiger partial charge in [0.25, 0.3) is 0 Å². The van der Waals surface area contributed by atoms with Crippen LogP contribution in [-0.2, 0) is 17.8 Å². The first-order chi connectivity index (χ1) is 8.74. The van der Waals surface area contributed by atoms with E-state index in [4.69, 9.17) is 16.3 Å². The van der Waals surface area contributed by atoms with Gasteiger partial charge in [0.1, 0.15) is 10.5 Å². The lowest BCUT2D eigenvalue weighted by Gasteiger charge is -2.26. The fourth-order valence-electron chi connectivity index (χ4n) is 1.62. The summed E-state index contributed by atoms with van der Waals surface area (Å²) in [5.74, 6) is 0.766. The lowest BCUT2D eigenvalue weighted by Crippen LogP contribution is -2.44. The molecule has 108 valence electrons. The molecule has 1 aromatic rings. The molecule has 1 aromatic carbocycles. The van der Waals surface area contributed by atoms with Crippen LogP contribution >= 0.6 is 11.6 Å². The Balaban J connectivity index is 2.69. The third-order valence-corrected chi connectivity index (χ3v) is 4.60. The number of methoxy groups -OCH3 is 1. The van der Waals surface area contributed by atoms with Crippen molar-refractivity contribution in [2.75, 3.05) is 7.11 Å². The Bertz CT molecular complexity index is 420. The maximum atomic E-state index is 12.0. The van der Waals surface area contributed by atoms with Gasteiger partial charge in [-0.2, -0.15) is 0 Å². The number of ether oxygens (including phenoxy) is 1. The molecule has 1 N–H and O–H groups in total. The summed E-state index contributed by atoms with van der Waals surface area (Å²) in [5, 5.41) is 0.652. The minimum Gasteiger partial charge on any atom is -0.598 e. The smallest absolute Gasteiger partial charge is 0.136 e. The predicted octanol–water partition coefficient (Wildman–Crippen LogP) is 3.33. The predicted molar refractivity (Wildman–Crippen MR) is 82.2 cm³/mol. The normalized spacial score (nSPS) is 15.1. The van der Waals surface area contributed by atoms with E-state index >= 15 is 0 Å². The van der Waals surface area contributed by atoms with Crippen LogP contribution in [0.3, 0.4) is 0 Å². The molecule has 0 saturated heterocycles. The molecule has 3 nitrogen and oxygen atoms in total. The quantitative estimate of drug-likeness (QED) is 0.849. The molecule has 0 unspecified atom stereocenters. The molecule has 0 saturated carbocycles. The number of rotatable bonds is 5. The van der Waals surface area contributed by atoms with E-state index in [9.17, 15) is 4.55 Å². The summed E-state index contributed by atoms with van der Waals surface area (Å²) < 4.78 is 20.2. The van der Waals surface area contributed by atoms with Crippen molar-refractivity contribution < 1.29 is 9.29 Å². The Labute approximate surface area is 124 Å². The van der Waals surface area contributed by atoms with Crippen molar-refractivity contribution in [1.82, 2.24) is 4.72 Å². The number of nitrogens with one attached hydrogen (secondary N) is 1. The summed E-state index contributed by atoms with van der Waals surface area (Å²) in [7, 11) is 1.63. The molecule has 0 heterocycles. The van der Waals surface area contributed by atoms with E-state index in [2.05, 4.69) is 4.72 Å². The third kappa shape index (κ3) is 5.22. The van der Waals surface area contributed by atoms with Gasteiger partial charge in [0.2, 0.25) is 0 Å². The van der Waals surface area contributed by atoms with Crippen molar-refractivity contribution in [1.29, 1.82) is 0 Å². The standard InChI is InChI=1S/C14H22ClNO2S/c1-10(16-19(17)14(2,3)4)8-11-6-7-12(15)9-13(11)18-5/h6-7,9-10,16H,8H2,1-5H3/t10-,19+/m1/s1. The summed E-state index contributed by atoms with van der Waals surface area (Å²) in [5.41, 5.74) is 1.05. The number of benzene rings is 1. The van der Waals surface area contributed by atoms with Gasteiger partial charge in [-0.3, -0.25) is 0 Å². The van der Waals surface area contributed by atoms with Gasteiger partial charge in [0, 0.05) is 16.4 Å². The van der Waals surface area contributed by atoms with Gasteiger partial charge in [0.15, 0.2) is 0 Å². The van der Waals surface area contributed by atoms with E-state index in [1.807, 2.05) is 39.8 Å². The van der Waals surface area contributed by atoms with Gasteiger partial charge in [-0.1, -0.05) is 17.7 Å². The summed E-state index contributed by atoms with van der Waals surface area (Å²) in [4.78, 5) is 0. The van der Waals surface area contributed by atoms with Crippen LogP contribution in [0.2, 0.25) is 5.02 Å². The second kappa shape index (κ2) is 6.84. The Morgan fingerprint density at radius 1 is 1.42 bits per heavy atom. The molecular weight excluding hydrogens is 282 g/mol. The zero-order valence-corrected chi connectivity index (χ0v) is 13.7. The van der Waals surface area contributed by atoms with Crippen LogP contribution in [0.15, 0.2) is 18.2 Å². The Hall–Kier alpha value is -0.420. The summed E-state index contributed by atoms with van der Waals surface area (Å²) in [6.45, 7) is 7.86. The average molecular weight is 304 g/mol. The van der Waals surface area contributed by atoms with Gasteiger partial charge < -0.3 is 9.29 Å². The summed E-state index contributed by atoms with van der Waals surface area (Å²) in [6.07, 6.45) is 0.738. The van der Waals surface area contributed by atoms with Crippen LogP contribution in [0.4, 0.5) is 0 Å². The average Bonchev–Trinajstić information content (AvgIpc) is 2.30. The molecule has 0 aromatic heterocycles. The minimum absolute atomic E-state index is 0.0927. The molecule has 5 heteroatoms. The van der Waals surface area contributed by atoms with Crippen molar-refractivity contribution in [3.63, 3.8) is 0 Å². The lowest BCUT2D eigenvalue weighted by molar-refractivity contribution is 0.407. The number of hydrogen-bond donors (Lipinski definition) is 1. The first-order valence-electron chi connectivity index (χ1n) is 6.24. The maximum absolute atomic E-state index is 12.0. The summed E-state index contributed by atoms with van der Waals surface area (Å²) in [6, 6.07) is 5.67. The van der Waals surface area contributed by atoms with E-state index in [0.29, 0.717) is 5.02 Å². The van der Waals surface area contributed by atoms with Crippen molar-refractivity contribution in [2.24, 2.45) is 0 Å². The van der Waals surface area contributed by atoms with Gasteiger partial charge in [0.05, 0.1) is 13.2 Å². The molecule has 0 radical (unpaired) electrons. The van der Waals surface area contributed by atoms with Gasteiger partial charge in [-0.05, 0) is 51.8 Å². The monoisotopic (exact) mass is 303 g/mol. The molecule has 0 bridgehead atoms. The zero-order chi connectivity index (χ0) is 14.6. The largest absolute Gasteiger partial charge is 0.598 e. The molecule has 1 rings (SSSR count). The third-order valence-electron chi connectivity index (χ3n) is 2.64. The second-order valence-corrected chi connectivity index (χ2v) is 7.99. The maximum Gasteiger partial charge on any atom is 0.136 e. The fourth-order valence-corrected chi connectivity index (χ4v) is 2.58. The van der Waals surface area contributed by atoms with Crippen molar-refractivity contribution >= 4 is 23.0 Å². The van der Waals surface area contributed by atoms with E-state index in [-0.39, 0.29) is 10.8 Å². The first-order valence-corrected chi connectivity index (χ1v) is 7.77. The van der Waals surface area contributed by atoms with Crippen LogP contribution in [-0.4, -0.2) is 22.5 Å². The van der Waals surface area contributed by atoms with E-state index in [0.717, 1.165) is 17.7 Å². The van der Waals surface area contributed by atoms with Crippen LogP contribution in [0.25, 0.3) is 0 Å². The van der Waals surface area contributed by atoms with Crippen LogP contribution in [0, 0.1) is 0 Å². The highest BCUT2D eigenvalue weighted by Crippen LogP contribution is 2.24. The van der Waals surface area contributed by atoms with Crippen molar-refractivity contribution in [3.05, 3.63) is 28.8 Å². The van der Waals surface area contributed by atoms with Crippen LogP contribution in [0.1, 0.15) is 33.3 Å². The highest BCUT2D eigenvalue weighted by molar-refractivity contribution is 7.90. The first kappa shape index (κ1) is 16.6. The topological polar surface area (TPSA) is 44.3 Å². The molecular formula is C14H22ClNO2S. The van der Waals surface area contributed by atoms with Crippen LogP contribution < -0.4 is 9.46 Å². The molecule has 0 aliphatic rings. The SMILES string of the molecule is COc1cc(Cl)ccc1C[C@@H](C)N[S@@+]([O-])C(C)(C)C. The zero-order valence-electron chi connectivity index (χ0n) is 12.1. The fraction of sp³-hybridized carbons (Fsp3) is 0.571. The van der Waals surface area contributed by atoms with Gasteiger partial charge in [-0.25, -0.2) is 0 Å². The molecule has 19 heavy (non-hydrogen) atoms. The minimum atomic E-state index is -1.07. The van der Waals surface area contributed by atoms with Crippen LogP contribution in [0.5, 0.6) is 5.75 Å². The molecule has 0 amide bonds.